The summed E-state index contributed by atoms with van der Waals surface area (Å²) in [6, 6.07) is 25.7. The van der Waals surface area contributed by atoms with Crippen molar-refractivity contribution in [2.75, 3.05) is 4.31 Å². The van der Waals surface area contributed by atoms with Crippen LogP contribution in [0.5, 0.6) is 11.5 Å². The molecule has 0 aromatic heterocycles. The molecule has 1 fully saturated rings. The minimum atomic E-state index is -3.81. The van der Waals surface area contributed by atoms with Crippen molar-refractivity contribution < 1.29 is 28.1 Å². The van der Waals surface area contributed by atoms with Gasteiger partial charge >= 0.3 is 0 Å². The topological polar surface area (TPSA) is 98.1 Å². The van der Waals surface area contributed by atoms with Crippen LogP contribution in [0.25, 0.3) is 11.1 Å². The Morgan fingerprint density at radius 2 is 1.49 bits per heavy atom. The van der Waals surface area contributed by atoms with Gasteiger partial charge < -0.3 is 15.3 Å². The van der Waals surface area contributed by atoms with Crippen LogP contribution in [0.15, 0.2) is 97.1 Å². The van der Waals surface area contributed by atoms with E-state index in [-0.39, 0.29) is 24.3 Å². The van der Waals surface area contributed by atoms with Gasteiger partial charge in [-0.3, -0.25) is 4.31 Å². The summed E-state index contributed by atoms with van der Waals surface area (Å²) in [5.41, 5.74) is 3.25. The molecule has 37 heavy (non-hydrogen) atoms. The van der Waals surface area contributed by atoms with Crippen molar-refractivity contribution in [2.45, 2.75) is 30.2 Å². The van der Waals surface area contributed by atoms with E-state index in [4.69, 9.17) is 0 Å². The van der Waals surface area contributed by atoms with Gasteiger partial charge in [-0.05, 0) is 65.9 Å². The SMILES string of the molecule is O=S1(=O)[C@H](CC[C@@H](O)c2ccc(F)cc2)[C@@H](c2ccc(O)cc2O)N1c1ccc(-c2ccccc2)cc1. The third kappa shape index (κ3) is 4.77. The van der Waals surface area contributed by atoms with Crippen LogP contribution in [0.2, 0.25) is 0 Å². The first-order valence-corrected chi connectivity index (χ1v) is 13.4. The lowest BCUT2D eigenvalue weighted by atomic mass is 9.95. The monoisotopic (exact) mass is 519 g/mol. The summed E-state index contributed by atoms with van der Waals surface area (Å²) >= 11 is 0. The van der Waals surface area contributed by atoms with Gasteiger partial charge in [-0.25, -0.2) is 12.8 Å². The summed E-state index contributed by atoms with van der Waals surface area (Å²) in [5.74, 6) is -0.769. The highest BCUT2D eigenvalue weighted by Gasteiger charge is 2.54. The van der Waals surface area contributed by atoms with Gasteiger partial charge in [0.25, 0.3) is 0 Å². The quantitative estimate of drug-likeness (QED) is 0.292. The highest BCUT2D eigenvalue weighted by Crippen LogP contribution is 2.50. The molecule has 0 saturated carbocycles. The molecule has 1 saturated heterocycles. The van der Waals surface area contributed by atoms with E-state index in [0.717, 1.165) is 11.1 Å². The second-order valence-corrected chi connectivity index (χ2v) is 11.2. The third-order valence-electron chi connectivity index (χ3n) is 6.80. The second-order valence-electron chi connectivity index (χ2n) is 9.12. The van der Waals surface area contributed by atoms with E-state index in [1.165, 1.54) is 46.8 Å². The lowest BCUT2D eigenvalue weighted by Gasteiger charge is -2.48. The van der Waals surface area contributed by atoms with Crippen LogP contribution in [0, 0.1) is 5.82 Å². The average Bonchev–Trinajstić information content (AvgIpc) is 2.89. The van der Waals surface area contributed by atoms with Crippen molar-refractivity contribution in [3.63, 3.8) is 0 Å². The van der Waals surface area contributed by atoms with E-state index < -0.39 is 33.2 Å². The maximum atomic E-state index is 13.5. The summed E-state index contributed by atoms with van der Waals surface area (Å²) in [7, 11) is -3.81. The summed E-state index contributed by atoms with van der Waals surface area (Å²) < 4.78 is 41.6. The molecule has 8 heteroatoms. The summed E-state index contributed by atoms with van der Waals surface area (Å²) in [6.45, 7) is 0. The predicted octanol–water partition coefficient (Wildman–Crippen LogP) is 5.68. The van der Waals surface area contributed by atoms with Crippen LogP contribution in [-0.2, 0) is 10.0 Å². The van der Waals surface area contributed by atoms with Crippen LogP contribution >= 0.6 is 0 Å². The molecule has 0 amide bonds. The Kier molecular flexibility index (Phi) is 6.62. The molecule has 4 aromatic carbocycles. The standard InChI is InChI=1S/C29H26FNO5S/c30-22-10-6-21(7-11-22)26(33)16-17-28-29(25-15-14-24(32)18-27(25)34)31(37(28,35)36)23-12-8-20(9-13-23)19-4-2-1-3-5-19/h1-15,18,26,28-29,32-34H,16-17H2/t26-,28-,29-/m1/s1. The predicted molar refractivity (Wildman–Crippen MR) is 140 cm³/mol. The molecule has 1 aliphatic heterocycles. The van der Waals surface area contributed by atoms with Gasteiger partial charge in [-0.15, -0.1) is 0 Å². The summed E-state index contributed by atoms with van der Waals surface area (Å²) in [6.07, 6.45) is -0.722. The molecule has 3 N–H and O–H groups in total. The zero-order chi connectivity index (χ0) is 26.2. The molecule has 5 rings (SSSR count). The number of aliphatic hydroxyl groups excluding tert-OH is 1. The largest absolute Gasteiger partial charge is 0.508 e. The summed E-state index contributed by atoms with van der Waals surface area (Å²) in [4.78, 5) is 0. The second kappa shape index (κ2) is 9.88. The van der Waals surface area contributed by atoms with E-state index in [1.54, 1.807) is 12.1 Å². The maximum absolute atomic E-state index is 13.5. The Labute approximate surface area is 214 Å². The highest BCUT2D eigenvalue weighted by atomic mass is 32.2. The number of phenols is 2. The lowest BCUT2D eigenvalue weighted by molar-refractivity contribution is 0.162. The van der Waals surface area contributed by atoms with Crippen molar-refractivity contribution in [1.82, 2.24) is 0 Å². The zero-order valence-corrected chi connectivity index (χ0v) is 20.6. The summed E-state index contributed by atoms with van der Waals surface area (Å²) in [5, 5.41) is 30.1. The van der Waals surface area contributed by atoms with Gasteiger partial charge in [-0.2, -0.15) is 0 Å². The van der Waals surface area contributed by atoms with Gasteiger partial charge in [0.1, 0.15) is 22.6 Å². The molecular formula is C29H26FNO5S. The number of aromatic hydroxyl groups is 2. The average molecular weight is 520 g/mol. The third-order valence-corrected chi connectivity index (χ3v) is 9.05. The van der Waals surface area contributed by atoms with Crippen molar-refractivity contribution in [1.29, 1.82) is 0 Å². The molecular weight excluding hydrogens is 493 g/mol. The van der Waals surface area contributed by atoms with E-state index in [2.05, 4.69) is 0 Å². The van der Waals surface area contributed by atoms with E-state index in [0.29, 0.717) is 16.8 Å². The number of halogens is 1. The Bertz CT molecular complexity index is 1490. The molecule has 6 nitrogen and oxygen atoms in total. The van der Waals surface area contributed by atoms with Crippen LogP contribution in [0.1, 0.15) is 36.1 Å². The normalized spacial score (nSPS) is 19.2. The Morgan fingerprint density at radius 1 is 0.838 bits per heavy atom. The first-order chi connectivity index (χ1) is 17.8. The lowest BCUT2D eigenvalue weighted by Crippen LogP contribution is -2.58. The van der Waals surface area contributed by atoms with Crippen LogP contribution in [0.4, 0.5) is 10.1 Å². The minimum absolute atomic E-state index is 0.116. The number of anilines is 1. The van der Waals surface area contributed by atoms with Crippen molar-refractivity contribution in [2.24, 2.45) is 0 Å². The van der Waals surface area contributed by atoms with Gasteiger partial charge in [0.15, 0.2) is 0 Å². The molecule has 1 heterocycles. The van der Waals surface area contributed by atoms with Gasteiger partial charge in [0, 0.05) is 11.6 Å². The molecule has 0 aliphatic carbocycles. The molecule has 0 radical (unpaired) electrons. The van der Waals surface area contributed by atoms with E-state index >= 15 is 0 Å². The molecule has 0 spiro atoms. The smallest absolute Gasteiger partial charge is 0.241 e. The Morgan fingerprint density at radius 3 is 2.14 bits per heavy atom. The number of sulfonamides is 1. The van der Waals surface area contributed by atoms with Crippen molar-refractivity contribution in [3.8, 4) is 22.6 Å². The highest BCUT2D eigenvalue weighted by molar-refractivity contribution is 7.95. The van der Waals surface area contributed by atoms with E-state index in [9.17, 15) is 28.1 Å². The van der Waals surface area contributed by atoms with Crippen molar-refractivity contribution in [3.05, 3.63) is 114 Å². The first kappa shape index (κ1) is 24.8. The Hall–Kier alpha value is -3.88. The van der Waals surface area contributed by atoms with Crippen LogP contribution in [0.3, 0.4) is 0 Å². The molecule has 1 aliphatic rings. The van der Waals surface area contributed by atoms with Gasteiger partial charge in [0.2, 0.25) is 10.0 Å². The number of nitrogens with zero attached hydrogens (tertiary/aromatic N) is 1. The fraction of sp³-hybridized carbons (Fsp3) is 0.172. The Balaban J connectivity index is 1.45. The maximum Gasteiger partial charge on any atom is 0.241 e. The van der Waals surface area contributed by atoms with Gasteiger partial charge in [0.05, 0.1) is 17.8 Å². The minimum Gasteiger partial charge on any atom is -0.508 e. The van der Waals surface area contributed by atoms with E-state index in [1.807, 2.05) is 42.5 Å². The molecule has 0 bridgehead atoms. The number of benzene rings is 4. The molecule has 190 valence electrons. The van der Waals surface area contributed by atoms with Crippen molar-refractivity contribution >= 4 is 15.7 Å². The fourth-order valence-corrected chi connectivity index (χ4v) is 7.00. The first-order valence-electron chi connectivity index (χ1n) is 11.9. The van der Waals surface area contributed by atoms with Crippen LogP contribution in [-0.4, -0.2) is 29.0 Å². The molecule has 3 atom stereocenters. The number of phenolic OH excluding ortho intramolecular Hbond substituents is 2. The number of hydrogen-bond acceptors (Lipinski definition) is 5. The molecule has 4 aromatic rings. The number of rotatable bonds is 7. The van der Waals surface area contributed by atoms with Gasteiger partial charge in [-0.1, -0.05) is 54.6 Å². The fourth-order valence-electron chi connectivity index (χ4n) is 4.88. The number of hydrogen-bond donors (Lipinski definition) is 3. The number of aliphatic hydroxyl groups is 1. The van der Waals surface area contributed by atoms with Crippen LogP contribution < -0.4 is 4.31 Å². The molecule has 0 unspecified atom stereocenters. The zero-order valence-electron chi connectivity index (χ0n) is 19.8.